The molecular formula is C31H33N3O5. The summed E-state index contributed by atoms with van der Waals surface area (Å²) in [4.78, 5) is 30.3. The van der Waals surface area contributed by atoms with E-state index in [1.807, 2.05) is 44.2 Å². The minimum Gasteiger partial charge on any atom is -0.494 e. The molecule has 3 aromatic carbocycles. The molecule has 0 aliphatic heterocycles. The molecule has 0 aliphatic rings. The van der Waals surface area contributed by atoms with Crippen molar-refractivity contribution in [1.29, 1.82) is 0 Å². The van der Waals surface area contributed by atoms with Gasteiger partial charge in [-0.1, -0.05) is 38.1 Å². The lowest BCUT2D eigenvalue weighted by Gasteiger charge is -2.18. The Morgan fingerprint density at radius 1 is 1.08 bits per heavy atom. The first-order valence-corrected chi connectivity index (χ1v) is 12.9. The van der Waals surface area contributed by atoms with Crippen LogP contribution >= 0.6 is 0 Å². The third-order valence-corrected chi connectivity index (χ3v) is 6.30. The molecule has 1 atom stereocenters. The molecule has 4 aromatic rings. The highest BCUT2D eigenvalue weighted by atomic mass is 16.6. The van der Waals surface area contributed by atoms with Crippen molar-refractivity contribution in [3.63, 3.8) is 0 Å². The number of para-hydroxylation sites is 1. The number of methoxy groups -OCH3 is 1. The molecule has 0 fully saturated rings. The molecule has 1 aromatic heterocycles. The summed E-state index contributed by atoms with van der Waals surface area (Å²) >= 11 is 0. The van der Waals surface area contributed by atoms with E-state index >= 15 is 0 Å². The molecule has 202 valence electrons. The molecule has 8 heteroatoms. The minimum atomic E-state index is -0.765. The summed E-state index contributed by atoms with van der Waals surface area (Å²) in [6.45, 7) is 10.3. The molecule has 1 heterocycles. The van der Waals surface area contributed by atoms with Gasteiger partial charge in [0.1, 0.15) is 11.5 Å². The Balaban J connectivity index is 1.85. The molecule has 0 aliphatic carbocycles. The van der Waals surface area contributed by atoms with Crippen LogP contribution in [-0.2, 0) is 9.53 Å². The van der Waals surface area contributed by atoms with Crippen LogP contribution in [0.4, 0.5) is 0 Å². The van der Waals surface area contributed by atoms with Crippen molar-refractivity contribution in [1.82, 2.24) is 9.66 Å². The quantitative estimate of drug-likeness (QED) is 0.204. The van der Waals surface area contributed by atoms with Gasteiger partial charge in [-0.05, 0) is 79.8 Å². The summed E-state index contributed by atoms with van der Waals surface area (Å²) in [5.41, 5.74) is 3.74. The minimum absolute atomic E-state index is 0.199. The number of carbonyl (C=O) groups is 1. The largest absolute Gasteiger partial charge is 0.494 e. The normalized spacial score (nSPS) is 12.2. The predicted molar refractivity (Wildman–Crippen MR) is 153 cm³/mol. The highest BCUT2D eigenvalue weighted by molar-refractivity contribution is 5.83. The number of fused-ring (bicyclic) bond motifs is 1. The van der Waals surface area contributed by atoms with E-state index in [-0.39, 0.29) is 11.5 Å². The van der Waals surface area contributed by atoms with Gasteiger partial charge in [0.15, 0.2) is 11.9 Å². The maximum Gasteiger partial charge on any atom is 0.346 e. The molecule has 0 bridgehead atoms. The number of aryl methyl sites for hydroxylation is 1. The highest BCUT2D eigenvalue weighted by Gasteiger charge is 2.19. The first-order valence-electron chi connectivity index (χ1n) is 12.9. The van der Waals surface area contributed by atoms with Gasteiger partial charge in [-0.25, -0.2) is 9.78 Å². The zero-order valence-electron chi connectivity index (χ0n) is 23.1. The Bertz CT molecular complexity index is 1590. The summed E-state index contributed by atoms with van der Waals surface area (Å²) in [6.07, 6.45) is 0.809. The number of carbonyl (C=O) groups excluding carboxylic acids is 1. The number of nitrogens with zero attached hydrogens (tertiary/aromatic N) is 3. The Morgan fingerprint density at radius 3 is 2.56 bits per heavy atom. The number of hydrogen-bond donors (Lipinski definition) is 0. The fourth-order valence-electron chi connectivity index (χ4n) is 4.29. The predicted octanol–water partition coefficient (Wildman–Crippen LogP) is 5.72. The Morgan fingerprint density at radius 2 is 1.85 bits per heavy atom. The number of hydrogen-bond acceptors (Lipinski definition) is 7. The van der Waals surface area contributed by atoms with Crippen molar-refractivity contribution < 1.29 is 19.0 Å². The second-order valence-electron chi connectivity index (χ2n) is 9.46. The summed E-state index contributed by atoms with van der Waals surface area (Å²) in [7, 11) is 1.31. The molecule has 4 rings (SSSR count). The molecule has 0 unspecified atom stereocenters. The van der Waals surface area contributed by atoms with Gasteiger partial charge >= 0.3 is 5.97 Å². The number of esters is 1. The van der Waals surface area contributed by atoms with Crippen molar-refractivity contribution in [2.45, 2.75) is 46.6 Å². The summed E-state index contributed by atoms with van der Waals surface area (Å²) in [5.74, 6) is 1.46. The van der Waals surface area contributed by atoms with E-state index < -0.39 is 12.1 Å². The average Bonchev–Trinajstić information content (AvgIpc) is 2.92. The van der Waals surface area contributed by atoms with Crippen LogP contribution in [0.15, 0.2) is 70.6 Å². The lowest BCUT2D eigenvalue weighted by molar-refractivity contribution is -0.147. The van der Waals surface area contributed by atoms with Crippen LogP contribution in [0.25, 0.3) is 22.3 Å². The van der Waals surface area contributed by atoms with Gasteiger partial charge in [0, 0.05) is 5.56 Å². The van der Waals surface area contributed by atoms with E-state index in [1.54, 1.807) is 43.5 Å². The standard InChI is InChI=1S/C31H33N3O5/c1-7-38-28-15-20(4)26(17-25(28)19(2)3)29-33-27-14-9-8-13-24(27)30(35)34(29)32-18-22-11-10-12-23(16-22)39-21(5)31(36)37-6/h8-19,21H,7H2,1-6H3/t21-/m0/s1. The fraction of sp³-hybridized carbons (Fsp3) is 0.290. The van der Waals surface area contributed by atoms with Crippen LogP contribution < -0.4 is 15.0 Å². The van der Waals surface area contributed by atoms with E-state index in [2.05, 4.69) is 18.9 Å². The summed E-state index contributed by atoms with van der Waals surface area (Å²) in [5, 5.41) is 5.05. The van der Waals surface area contributed by atoms with E-state index in [0.717, 1.165) is 22.4 Å². The molecule has 0 spiro atoms. The maximum atomic E-state index is 13.7. The van der Waals surface area contributed by atoms with Gasteiger partial charge in [-0.2, -0.15) is 9.78 Å². The third-order valence-electron chi connectivity index (χ3n) is 6.30. The van der Waals surface area contributed by atoms with Crippen LogP contribution in [0.5, 0.6) is 11.5 Å². The van der Waals surface area contributed by atoms with Gasteiger partial charge in [0.05, 0.1) is 30.8 Å². The molecule has 0 saturated heterocycles. The van der Waals surface area contributed by atoms with Crippen LogP contribution in [0, 0.1) is 6.92 Å². The Labute approximate surface area is 227 Å². The maximum absolute atomic E-state index is 13.7. The Kier molecular flexibility index (Phi) is 8.44. The smallest absolute Gasteiger partial charge is 0.346 e. The van der Waals surface area contributed by atoms with Crippen molar-refractivity contribution >= 4 is 23.1 Å². The zero-order chi connectivity index (χ0) is 28.1. The number of ether oxygens (including phenoxy) is 3. The van der Waals surface area contributed by atoms with Crippen molar-refractivity contribution in [2.75, 3.05) is 13.7 Å². The first kappa shape index (κ1) is 27.6. The lowest BCUT2D eigenvalue weighted by Crippen LogP contribution is -2.24. The number of rotatable bonds is 9. The molecule has 0 N–H and O–H groups in total. The number of benzene rings is 3. The van der Waals surface area contributed by atoms with Gasteiger partial charge in [0.2, 0.25) is 0 Å². The topological polar surface area (TPSA) is 92.0 Å². The first-order chi connectivity index (χ1) is 18.7. The highest BCUT2D eigenvalue weighted by Crippen LogP contribution is 2.34. The van der Waals surface area contributed by atoms with E-state index in [4.69, 9.17) is 19.2 Å². The summed E-state index contributed by atoms with van der Waals surface area (Å²) < 4.78 is 17.7. The van der Waals surface area contributed by atoms with Gasteiger partial charge in [-0.3, -0.25) is 4.79 Å². The van der Waals surface area contributed by atoms with E-state index in [9.17, 15) is 9.59 Å². The van der Waals surface area contributed by atoms with Crippen molar-refractivity contribution in [3.8, 4) is 22.9 Å². The SMILES string of the molecule is CCOc1cc(C)c(-c2nc3ccccc3c(=O)n2N=Cc2cccc(O[C@@H](C)C(=O)OC)c2)cc1C(C)C. The van der Waals surface area contributed by atoms with E-state index in [1.165, 1.54) is 11.8 Å². The van der Waals surface area contributed by atoms with Crippen molar-refractivity contribution in [3.05, 3.63) is 87.7 Å². The summed E-state index contributed by atoms with van der Waals surface area (Å²) in [6, 6.07) is 18.4. The van der Waals surface area contributed by atoms with E-state index in [0.29, 0.717) is 34.6 Å². The molecule has 0 saturated carbocycles. The monoisotopic (exact) mass is 527 g/mol. The third kappa shape index (κ3) is 6.00. The lowest BCUT2D eigenvalue weighted by atomic mass is 9.96. The van der Waals surface area contributed by atoms with Gasteiger partial charge in [-0.15, -0.1) is 0 Å². The second-order valence-corrected chi connectivity index (χ2v) is 9.46. The van der Waals surface area contributed by atoms with Crippen LogP contribution in [-0.4, -0.2) is 41.7 Å². The van der Waals surface area contributed by atoms with Crippen LogP contribution in [0.2, 0.25) is 0 Å². The average molecular weight is 528 g/mol. The zero-order valence-corrected chi connectivity index (χ0v) is 23.1. The molecule has 39 heavy (non-hydrogen) atoms. The fourth-order valence-corrected chi connectivity index (χ4v) is 4.29. The van der Waals surface area contributed by atoms with Crippen LogP contribution in [0.3, 0.4) is 0 Å². The second kappa shape index (κ2) is 11.9. The van der Waals surface area contributed by atoms with Crippen molar-refractivity contribution in [2.24, 2.45) is 5.10 Å². The van der Waals surface area contributed by atoms with Crippen LogP contribution in [0.1, 0.15) is 50.3 Å². The Hall–Kier alpha value is -4.46. The van der Waals surface area contributed by atoms with Gasteiger partial charge in [0.25, 0.3) is 5.56 Å². The van der Waals surface area contributed by atoms with Gasteiger partial charge < -0.3 is 14.2 Å². The molecule has 0 radical (unpaired) electrons. The number of aromatic nitrogens is 2. The molecular weight excluding hydrogens is 494 g/mol. The molecule has 8 nitrogen and oxygen atoms in total. The molecule has 0 amide bonds.